The number of pyridine rings is 2. The molecule has 0 bridgehead atoms. The first-order valence-corrected chi connectivity index (χ1v) is 8.52. The van der Waals surface area contributed by atoms with E-state index >= 15 is 0 Å². The summed E-state index contributed by atoms with van der Waals surface area (Å²) in [5, 5.41) is 8.77. The van der Waals surface area contributed by atoms with Crippen LogP contribution in [-0.4, -0.2) is 44.4 Å². The summed E-state index contributed by atoms with van der Waals surface area (Å²) in [7, 11) is 0. The quantitative estimate of drug-likeness (QED) is 0.493. The molecule has 136 valence electrons. The molecule has 0 N–H and O–H groups in total. The third-order valence-corrected chi connectivity index (χ3v) is 4.46. The highest BCUT2D eigenvalue weighted by molar-refractivity contribution is 5.07. The van der Waals surface area contributed by atoms with Crippen molar-refractivity contribution in [3.63, 3.8) is 0 Å². The molecule has 4 rings (SSSR count). The summed E-state index contributed by atoms with van der Waals surface area (Å²) in [5.41, 5.74) is 1.86. The van der Waals surface area contributed by atoms with Crippen molar-refractivity contribution in [2.24, 2.45) is 0 Å². The van der Waals surface area contributed by atoms with Gasteiger partial charge in [0.1, 0.15) is 25.3 Å². The molecule has 4 heterocycles. The van der Waals surface area contributed by atoms with E-state index in [-0.39, 0.29) is 0 Å². The van der Waals surface area contributed by atoms with Crippen molar-refractivity contribution < 1.29 is 0 Å². The number of aromatic nitrogens is 8. The van der Waals surface area contributed by atoms with Gasteiger partial charge in [0.05, 0.1) is 11.4 Å². The average molecular weight is 361 g/mol. The fraction of sp³-hybridized carbons (Fsp3) is 0.222. The Bertz CT molecular complexity index is 861. The Kier molecular flexibility index (Phi) is 4.67. The Hall–Kier alpha value is -3.46. The van der Waals surface area contributed by atoms with Crippen molar-refractivity contribution in [2.45, 2.75) is 25.8 Å². The predicted octanol–water partition coefficient (Wildman–Crippen LogP) is 1.54. The summed E-state index contributed by atoms with van der Waals surface area (Å²) in [4.78, 5) is 19.4. The maximum Gasteiger partial charge on any atom is 0.211 e. The van der Waals surface area contributed by atoms with Gasteiger partial charge in [-0.25, -0.2) is 24.2 Å². The molecule has 0 aliphatic heterocycles. The summed E-state index contributed by atoms with van der Waals surface area (Å²) >= 11 is 0. The lowest BCUT2D eigenvalue weighted by atomic mass is 10.2. The summed E-state index contributed by atoms with van der Waals surface area (Å²) in [6.07, 6.45) is 9.94. The molecule has 0 unspecified atom stereocenters. The molecule has 27 heavy (non-hydrogen) atoms. The Morgan fingerprint density at radius 1 is 0.815 bits per heavy atom. The minimum Gasteiger partial charge on any atom is -0.260 e. The Morgan fingerprint density at radius 3 is 1.70 bits per heavy atom. The second kappa shape index (κ2) is 7.42. The van der Waals surface area contributed by atoms with E-state index in [0.29, 0.717) is 13.1 Å². The van der Waals surface area contributed by atoms with E-state index in [9.17, 15) is 0 Å². The Morgan fingerprint density at radius 2 is 1.33 bits per heavy atom. The first-order valence-electron chi connectivity index (χ1n) is 8.52. The van der Waals surface area contributed by atoms with E-state index < -0.39 is 5.79 Å². The van der Waals surface area contributed by atoms with Gasteiger partial charge in [0.2, 0.25) is 5.79 Å². The molecule has 0 aliphatic carbocycles. The molecule has 4 aromatic rings. The molecule has 0 spiro atoms. The van der Waals surface area contributed by atoms with Crippen LogP contribution in [-0.2, 0) is 18.9 Å². The van der Waals surface area contributed by atoms with E-state index in [1.54, 1.807) is 34.4 Å². The second-order valence-electron chi connectivity index (χ2n) is 6.15. The number of hydrogen-bond donors (Lipinski definition) is 0. The van der Waals surface area contributed by atoms with Crippen molar-refractivity contribution >= 4 is 0 Å². The molecule has 0 aromatic carbocycles. The lowest BCUT2D eigenvalue weighted by molar-refractivity contribution is -0.0326. The monoisotopic (exact) mass is 361 g/mol. The van der Waals surface area contributed by atoms with E-state index in [1.165, 1.54) is 12.7 Å². The van der Waals surface area contributed by atoms with Crippen molar-refractivity contribution in [3.8, 4) is 0 Å². The predicted molar refractivity (Wildman–Crippen MR) is 96.8 cm³/mol. The molecule has 4 aromatic heterocycles. The Balaban J connectivity index is 1.79. The zero-order valence-electron chi connectivity index (χ0n) is 14.9. The molecule has 0 radical (unpaired) electrons. The van der Waals surface area contributed by atoms with Gasteiger partial charge in [-0.1, -0.05) is 12.1 Å². The minimum absolute atomic E-state index is 0.563. The van der Waals surface area contributed by atoms with Gasteiger partial charge >= 0.3 is 0 Å². The second-order valence-corrected chi connectivity index (χ2v) is 6.15. The highest BCUT2D eigenvalue weighted by Crippen LogP contribution is 2.25. The molecule has 0 atom stereocenters. The van der Waals surface area contributed by atoms with Crippen LogP contribution in [0.4, 0.5) is 0 Å². The number of rotatable bonds is 7. The van der Waals surface area contributed by atoms with Crippen LogP contribution in [0.5, 0.6) is 0 Å². The summed E-state index contributed by atoms with van der Waals surface area (Å²) in [6.45, 7) is 3.14. The topological polar surface area (TPSA) is 90.4 Å². The standard InChI is InChI=1S/C18H19N9/c1-18(26-14-19-12-23-26,27-15-20-13-24-27)25(10-16-6-2-4-8-21-16)11-17-7-3-5-9-22-17/h2-9,12-15H,10-11H2,1H3. The number of nitrogens with zero attached hydrogens (tertiary/aromatic N) is 9. The maximum absolute atomic E-state index is 4.48. The lowest BCUT2D eigenvalue weighted by Crippen LogP contribution is -2.53. The summed E-state index contributed by atoms with van der Waals surface area (Å²) in [5.74, 6) is -0.790. The fourth-order valence-corrected chi connectivity index (χ4v) is 2.98. The van der Waals surface area contributed by atoms with Gasteiger partial charge in [-0.3, -0.25) is 9.97 Å². The van der Waals surface area contributed by atoms with Crippen LogP contribution in [0.25, 0.3) is 0 Å². The van der Waals surface area contributed by atoms with Gasteiger partial charge in [0, 0.05) is 25.5 Å². The average Bonchev–Trinajstić information content (AvgIpc) is 3.43. The van der Waals surface area contributed by atoms with Gasteiger partial charge in [0.25, 0.3) is 0 Å². The molecular weight excluding hydrogens is 342 g/mol. The zero-order valence-corrected chi connectivity index (χ0v) is 14.9. The third kappa shape index (κ3) is 3.44. The Labute approximate surface area is 156 Å². The highest BCUT2D eigenvalue weighted by atomic mass is 15.6. The molecule has 0 saturated heterocycles. The zero-order chi connectivity index (χ0) is 18.5. The molecular formula is C18H19N9. The summed E-state index contributed by atoms with van der Waals surface area (Å²) in [6, 6.07) is 11.7. The van der Waals surface area contributed by atoms with Crippen molar-refractivity contribution in [1.29, 1.82) is 0 Å². The SMILES string of the molecule is CC(N(Cc1ccccn1)Cc1ccccn1)(n1cncn1)n1cncn1. The van der Waals surface area contributed by atoms with E-state index in [0.717, 1.165) is 11.4 Å². The molecule has 0 fully saturated rings. The third-order valence-electron chi connectivity index (χ3n) is 4.46. The normalized spacial score (nSPS) is 11.8. The molecule has 0 saturated carbocycles. The van der Waals surface area contributed by atoms with E-state index in [2.05, 4.69) is 35.0 Å². The maximum atomic E-state index is 4.48. The smallest absolute Gasteiger partial charge is 0.211 e. The van der Waals surface area contributed by atoms with Crippen LogP contribution in [0, 0.1) is 0 Å². The van der Waals surface area contributed by atoms with Crippen LogP contribution < -0.4 is 0 Å². The molecule has 0 aliphatic rings. The van der Waals surface area contributed by atoms with Crippen molar-refractivity contribution in [2.75, 3.05) is 0 Å². The van der Waals surface area contributed by atoms with Crippen LogP contribution >= 0.6 is 0 Å². The van der Waals surface area contributed by atoms with Gasteiger partial charge in [-0.05, 0) is 31.2 Å². The van der Waals surface area contributed by atoms with Crippen LogP contribution in [0.3, 0.4) is 0 Å². The first kappa shape index (κ1) is 17.0. The van der Waals surface area contributed by atoms with Crippen LogP contribution in [0.2, 0.25) is 0 Å². The largest absolute Gasteiger partial charge is 0.260 e. The summed E-state index contributed by atoms with van der Waals surface area (Å²) < 4.78 is 3.52. The lowest BCUT2D eigenvalue weighted by Gasteiger charge is -2.40. The van der Waals surface area contributed by atoms with Crippen LogP contribution in [0.1, 0.15) is 18.3 Å². The van der Waals surface area contributed by atoms with Crippen molar-refractivity contribution in [1.82, 2.24) is 44.4 Å². The van der Waals surface area contributed by atoms with Crippen LogP contribution in [0.15, 0.2) is 74.1 Å². The van der Waals surface area contributed by atoms with E-state index in [4.69, 9.17) is 0 Å². The first-order chi connectivity index (χ1) is 13.3. The van der Waals surface area contributed by atoms with Gasteiger partial charge in [0.15, 0.2) is 0 Å². The van der Waals surface area contributed by atoms with Gasteiger partial charge in [-0.15, -0.1) is 0 Å². The molecule has 9 nitrogen and oxygen atoms in total. The highest BCUT2D eigenvalue weighted by Gasteiger charge is 2.38. The van der Waals surface area contributed by atoms with Crippen molar-refractivity contribution in [3.05, 3.63) is 85.5 Å². The van der Waals surface area contributed by atoms with Gasteiger partial charge in [-0.2, -0.15) is 10.2 Å². The molecule has 9 heteroatoms. The van der Waals surface area contributed by atoms with E-state index in [1.807, 2.05) is 43.3 Å². The minimum atomic E-state index is -0.790. The van der Waals surface area contributed by atoms with Gasteiger partial charge < -0.3 is 0 Å². The molecule has 0 amide bonds. The fourth-order valence-electron chi connectivity index (χ4n) is 2.98. The number of hydrogen-bond acceptors (Lipinski definition) is 7.